The summed E-state index contributed by atoms with van der Waals surface area (Å²) in [6.45, 7) is 4.87. The molecular formula is C19H22N2O2. The van der Waals surface area contributed by atoms with Crippen LogP contribution in [0.2, 0.25) is 0 Å². The van der Waals surface area contributed by atoms with Gasteiger partial charge in [-0.2, -0.15) is 0 Å². The summed E-state index contributed by atoms with van der Waals surface area (Å²) >= 11 is 0. The molecule has 2 aliphatic rings. The standard InChI is InChI=1S/C19H22N2O2/c1-5-15-17(22)11-14-12-20-13(2)10-16(14)18(15)21-8-6-19(3,23-4)7-9-21/h1,10,12H,6-9,11H2,2-4H3/i4D3. The summed E-state index contributed by atoms with van der Waals surface area (Å²) < 4.78 is 27.4. The maximum absolute atomic E-state index is 12.5. The first kappa shape index (κ1) is 12.3. The van der Waals surface area contributed by atoms with Crippen LogP contribution in [0, 0.1) is 19.3 Å². The molecule has 1 saturated heterocycles. The van der Waals surface area contributed by atoms with Gasteiger partial charge >= 0.3 is 0 Å². The molecule has 1 aliphatic carbocycles. The largest absolute Gasteiger partial charge is 0.378 e. The van der Waals surface area contributed by atoms with Gasteiger partial charge in [0.25, 0.3) is 0 Å². The number of fused-ring (bicyclic) bond motifs is 1. The van der Waals surface area contributed by atoms with E-state index in [1.165, 1.54) is 0 Å². The number of aryl methyl sites for hydroxylation is 1. The average Bonchev–Trinajstić information content (AvgIpc) is 2.53. The Morgan fingerprint density at radius 1 is 1.48 bits per heavy atom. The highest BCUT2D eigenvalue weighted by Crippen LogP contribution is 2.36. The maximum atomic E-state index is 12.5. The van der Waals surface area contributed by atoms with Crippen molar-refractivity contribution in [1.82, 2.24) is 9.88 Å². The van der Waals surface area contributed by atoms with E-state index >= 15 is 0 Å². The van der Waals surface area contributed by atoms with E-state index in [0.717, 1.165) is 22.5 Å². The fourth-order valence-corrected chi connectivity index (χ4v) is 3.26. The van der Waals surface area contributed by atoms with Crippen molar-refractivity contribution in [3.8, 4) is 12.3 Å². The topological polar surface area (TPSA) is 42.4 Å². The predicted molar refractivity (Wildman–Crippen MR) is 89.7 cm³/mol. The lowest BCUT2D eigenvalue weighted by Gasteiger charge is -2.41. The minimum Gasteiger partial charge on any atom is -0.378 e. The fourth-order valence-electron chi connectivity index (χ4n) is 3.26. The van der Waals surface area contributed by atoms with Crippen LogP contribution in [0.3, 0.4) is 0 Å². The second-order valence-electron chi connectivity index (χ2n) is 6.49. The number of ketones is 1. The Morgan fingerprint density at radius 3 is 2.87 bits per heavy atom. The van der Waals surface area contributed by atoms with Crippen LogP contribution in [0.1, 0.15) is 40.7 Å². The van der Waals surface area contributed by atoms with Crippen LogP contribution in [0.4, 0.5) is 0 Å². The van der Waals surface area contributed by atoms with Crippen LogP contribution in [-0.4, -0.2) is 41.4 Å². The van der Waals surface area contributed by atoms with Gasteiger partial charge in [-0.25, -0.2) is 0 Å². The number of aromatic nitrogens is 1. The minimum absolute atomic E-state index is 0.0762. The lowest BCUT2D eigenvalue weighted by atomic mass is 9.86. The number of hydrogen-bond acceptors (Lipinski definition) is 4. The summed E-state index contributed by atoms with van der Waals surface area (Å²) in [7, 11) is -2.42. The van der Waals surface area contributed by atoms with Crippen LogP contribution in [0.15, 0.2) is 17.8 Å². The lowest BCUT2D eigenvalue weighted by molar-refractivity contribution is -0.114. The summed E-state index contributed by atoms with van der Waals surface area (Å²) in [6.07, 6.45) is 8.74. The Balaban J connectivity index is 1.92. The van der Waals surface area contributed by atoms with Gasteiger partial charge in [-0.05, 0) is 38.3 Å². The SMILES string of the molecule is [2H]C([2H])([2H])OC1(C)CCN(C2=C(C#C)C(=O)Cc3cnc(C)cc32)CC1. The molecule has 1 aromatic rings. The minimum atomic E-state index is -2.42. The van der Waals surface area contributed by atoms with E-state index in [2.05, 4.69) is 15.8 Å². The summed E-state index contributed by atoms with van der Waals surface area (Å²) in [6, 6.07) is 1.96. The molecule has 0 N–H and O–H groups in total. The van der Waals surface area contributed by atoms with Crippen molar-refractivity contribution in [2.75, 3.05) is 20.1 Å². The van der Waals surface area contributed by atoms with E-state index in [1.54, 1.807) is 6.20 Å². The molecule has 0 atom stereocenters. The molecule has 1 fully saturated rings. The third-order valence-corrected chi connectivity index (χ3v) is 4.77. The van der Waals surface area contributed by atoms with Gasteiger partial charge in [0.1, 0.15) is 0 Å². The van der Waals surface area contributed by atoms with Gasteiger partial charge in [0.05, 0.1) is 21.0 Å². The molecule has 3 rings (SSSR count). The molecule has 1 aliphatic heterocycles. The smallest absolute Gasteiger partial charge is 0.177 e. The highest BCUT2D eigenvalue weighted by Gasteiger charge is 2.34. The van der Waals surface area contributed by atoms with Gasteiger partial charge in [0.15, 0.2) is 5.78 Å². The molecule has 0 radical (unpaired) electrons. The maximum Gasteiger partial charge on any atom is 0.177 e. The molecule has 4 heteroatoms. The van der Waals surface area contributed by atoms with Crippen LogP contribution < -0.4 is 0 Å². The van der Waals surface area contributed by atoms with E-state index in [9.17, 15) is 4.79 Å². The van der Waals surface area contributed by atoms with E-state index in [-0.39, 0.29) is 12.2 Å². The summed E-state index contributed by atoms with van der Waals surface area (Å²) in [4.78, 5) is 18.9. The first-order valence-electron chi connectivity index (χ1n) is 9.27. The number of rotatable bonds is 2. The zero-order valence-corrected chi connectivity index (χ0v) is 13.5. The van der Waals surface area contributed by atoms with Gasteiger partial charge in [-0.15, -0.1) is 6.42 Å². The fraction of sp³-hybridized carbons (Fsp3) is 0.474. The molecule has 0 aromatic carbocycles. The van der Waals surface area contributed by atoms with Gasteiger partial charge < -0.3 is 9.64 Å². The number of methoxy groups -OCH3 is 1. The quantitative estimate of drug-likeness (QED) is 0.786. The summed E-state index contributed by atoms with van der Waals surface area (Å²) in [5.74, 6) is 2.49. The molecule has 120 valence electrons. The number of pyridine rings is 1. The Bertz CT molecular complexity index is 813. The number of likely N-dealkylation sites (tertiary alicyclic amines) is 1. The molecule has 1 aromatic heterocycles. The zero-order chi connectivity index (χ0) is 19.1. The summed E-state index contributed by atoms with van der Waals surface area (Å²) in [5, 5.41) is 0. The Morgan fingerprint density at radius 2 is 2.22 bits per heavy atom. The Labute approximate surface area is 141 Å². The molecule has 0 bridgehead atoms. The van der Waals surface area contributed by atoms with Crippen molar-refractivity contribution in [3.05, 3.63) is 34.7 Å². The number of allylic oxidation sites excluding steroid dienone is 1. The molecule has 0 unspecified atom stereocenters. The molecule has 4 nitrogen and oxygen atoms in total. The molecular weight excluding hydrogens is 288 g/mol. The number of carbonyl (C=O) groups is 1. The predicted octanol–water partition coefficient (Wildman–Crippen LogP) is 2.36. The Kier molecular flexibility index (Phi) is 3.12. The Hall–Kier alpha value is -2.12. The number of nitrogens with zero attached hydrogens (tertiary/aromatic N) is 2. The molecule has 23 heavy (non-hydrogen) atoms. The van der Waals surface area contributed by atoms with Crippen LogP contribution >= 0.6 is 0 Å². The molecule has 0 saturated carbocycles. The number of terminal acetylenes is 1. The van der Waals surface area contributed by atoms with Crippen molar-refractivity contribution in [2.45, 2.75) is 38.7 Å². The van der Waals surface area contributed by atoms with Crippen molar-refractivity contribution in [1.29, 1.82) is 0 Å². The zero-order valence-electron chi connectivity index (χ0n) is 16.5. The molecule has 2 heterocycles. The van der Waals surface area contributed by atoms with Crippen molar-refractivity contribution in [2.24, 2.45) is 0 Å². The van der Waals surface area contributed by atoms with Crippen LogP contribution in [0.25, 0.3) is 5.70 Å². The van der Waals surface area contributed by atoms with Crippen LogP contribution in [0.5, 0.6) is 0 Å². The molecule has 0 amide bonds. The monoisotopic (exact) mass is 313 g/mol. The van der Waals surface area contributed by atoms with E-state index in [4.69, 9.17) is 15.3 Å². The lowest BCUT2D eigenvalue weighted by Crippen LogP contribution is -2.43. The van der Waals surface area contributed by atoms with Crippen LogP contribution in [-0.2, 0) is 16.0 Å². The van der Waals surface area contributed by atoms with E-state index in [0.29, 0.717) is 31.5 Å². The van der Waals surface area contributed by atoms with E-state index in [1.807, 2.05) is 19.9 Å². The third-order valence-electron chi connectivity index (χ3n) is 4.77. The second-order valence-corrected chi connectivity index (χ2v) is 6.49. The number of ether oxygens (including phenoxy) is 1. The molecule has 0 spiro atoms. The van der Waals surface area contributed by atoms with Crippen molar-refractivity contribution >= 4 is 11.5 Å². The second kappa shape index (κ2) is 5.82. The van der Waals surface area contributed by atoms with Gasteiger partial charge in [-0.3, -0.25) is 9.78 Å². The average molecular weight is 313 g/mol. The highest BCUT2D eigenvalue weighted by atomic mass is 16.5. The summed E-state index contributed by atoms with van der Waals surface area (Å²) in [5.41, 5.74) is 3.13. The number of piperidine rings is 1. The third kappa shape index (κ3) is 2.77. The van der Waals surface area contributed by atoms with E-state index < -0.39 is 12.6 Å². The first-order valence-corrected chi connectivity index (χ1v) is 7.77. The normalized spacial score (nSPS) is 22.7. The van der Waals surface area contributed by atoms with Gasteiger partial charge in [0, 0.05) is 44.0 Å². The number of Topliss-reactive ketones (excluding diaryl/α,β-unsaturated/α-hetero) is 1. The highest BCUT2D eigenvalue weighted by molar-refractivity contribution is 6.10. The van der Waals surface area contributed by atoms with Crippen molar-refractivity contribution < 1.29 is 13.6 Å². The number of carbonyl (C=O) groups excluding carboxylic acids is 1. The van der Waals surface area contributed by atoms with Crippen molar-refractivity contribution in [3.63, 3.8) is 0 Å². The van der Waals surface area contributed by atoms with Gasteiger partial charge in [0.2, 0.25) is 0 Å². The number of hydrogen-bond donors (Lipinski definition) is 0. The van der Waals surface area contributed by atoms with Gasteiger partial charge in [-0.1, -0.05) is 5.92 Å². The first-order chi connectivity index (χ1) is 12.1.